The van der Waals surface area contributed by atoms with E-state index in [4.69, 9.17) is 14.6 Å². The molecule has 1 rings (SSSR count). The first kappa shape index (κ1) is 14.9. The molecule has 7 nitrogen and oxygen atoms in total. The Morgan fingerprint density at radius 1 is 1.21 bits per heavy atom. The fraction of sp³-hybridized carbons (Fsp3) is 0.333. The zero-order valence-electron chi connectivity index (χ0n) is 10.4. The predicted molar refractivity (Wildman–Crippen MR) is 63.5 cm³/mol. The van der Waals surface area contributed by atoms with Gasteiger partial charge in [-0.1, -0.05) is 0 Å². The molecule has 19 heavy (non-hydrogen) atoms. The molecule has 104 valence electrons. The molecule has 0 fully saturated rings. The number of hydrogen-bond donors (Lipinski definition) is 3. The van der Waals surface area contributed by atoms with E-state index in [9.17, 15) is 19.8 Å². The average Bonchev–Trinajstić information content (AvgIpc) is 2.43. The normalized spacial score (nSPS) is 13.5. The number of benzene rings is 1. The third kappa shape index (κ3) is 3.01. The molecule has 0 heterocycles. The number of aldehydes is 1. The third-order valence-corrected chi connectivity index (χ3v) is 2.55. The maximum Gasteiger partial charge on any atom is 0.335 e. The van der Waals surface area contributed by atoms with E-state index in [0.29, 0.717) is 6.29 Å². The summed E-state index contributed by atoms with van der Waals surface area (Å²) in [6.45, 7) is 0. The van der Waals surface area contributed by atoms with Gasteiger partial charge in [0.1, 0.15) is 23.9 Å². The second-order valence-corrected chi connectivity index (χ2v) is 3.68. The van der Waals surface area contributed by atoms with Gasteiger partial charge in [0, 0.05) is 5.56 Å². The van der Waals surface area contributed by atoms with E-state index in [1.807, 2.05) is 0 Å². The summed E-state index contributed by atoms with van der Waals surface area (Å²) in [4.78, 5) is 21.4. The van der Waals surface area contributed by atoms with Crippen LogP contribution in [-0.2, 0) is 4.79 Å². The molecular weight excluding hydrogens is 256 g/mol. The van der Waals surface area contributed by atoms with Crippen LogP contribution in [0.5, 0.6) is 11.5 Å². The number of aliphatic carboxylic acids is 1. The van der Waals surface area contributed by atoms with Crippen molar-refractivity contribution in [3.8, 4) is 11.5 Å². The van der Waals surface area contributed by atoms with Crippen LogP contribution in [0.1, 0.15) is 22.0 Å². The molecule has 0 aliphatic rings. The standard InChI is InChI=1S/C12H14O7/c1-18-7-3-6(5-13)4-8(19-2)9(7)10(14)11(15)12(16)17/h3-5,10-11,14-15H,1-2H3,(H,16,17). The van der Waals surface area contributed by atoms with E-state index in [1.165, 1.54) is 26.4 Å². The fourth-order valence-electron chi connectivity index (χ4n) is 1.61. The van der Waals surface area contributed by atoms with Crippen LogP contribution in [-0.4, -0.2) is 47.9 Å². The van der Waals surface area contributed by atoms with Crippen molar-refractivity contribution in [2.24, 2.45) is 0 Å². The molecule has 1 aromatic carbocycles. The lowest BCUT2D eigenvalue weighted by Crippen LogP contribution is -2.28. The minimum atomic E-state index is -2.04. The summed E-state index contributed by atoms with van der Waals surface area (Å²) in [6.07, 6.45) is -3.23. The van der Waals surface area contributed by atoms with Crippen molar-refractivity contribution in [1.29, 1.82) is 0 Å². The molecule has 0 amide bonds. The first-order valence-electron chi connectivity index (χ1n) is 5.26. The van der Waals surface area contributed by atoms with E-state index in [1.54, 1.807) is 0 Å². The highest BCUT2D eigenvalue weighted by atomic mass is 16.5. The van der Waals surface area contributed by atoms with E-state index in [-0.39, 0.29) is 22.6 Å². The Bertz CT molecular complexity index is 458. The average molecular weight is 270 g/mol. The quantitative estimate of drug-likeness (QED) is 0.623. The van der Waals surface area contributed by atoms with E-state index in [0.717, 1.165) is 0 Å². The Labute approximate surface area is 109 Å². The van der Waals surface area contributed by atoms with Crippen LogP contribution < -0.4 is 9.47 Å². The van der Waals surface area contributed by atoms with Crippen LogP contribution in [0, 0.1) is 0 Å². The van der Waals surface area contributed by atoms with Crippen molar-refractivity contribution >= 4 is 12.3 Å². The smallest absolute Gasteiger partial charge is 0.335 e. The van der Waals surface area contributed by atoms with Crippen molar-refractivity contribution in [2.75, 3.05) is 14.2 Å². The largest absolute Gasteiger partial charge is 0.496 e. The molecule has 0 radical (unpaired) electrons. The SMILES string of the molecule is COc1cc(C=O)cc(OC)c1C(O)C(O)C(=O)O. The van der Waals surface area contributed by atoms with Crippen LogP contribution >= 0.6 is 0 Å². The summed E-state index contributed by atoms with van der Waals surface area (Å²) in [6, 6.07) is 2.62. The monoisotopic (exact) mass is 270 g/mol. The molecule has 0 aromatic heterocycles. The molecule has 0 saturated carbocycles. The van der Waals surface area contributed by atoms with Gasteiger partial charge >= 0.3 is 5.97 Å². The second-order valence-electron chi connectivity index (χ2n) is 3.68. The Morgan fingerprint density at radius 3 is 2.00 bits per heavy atom. The predicted octanol–water partition coefficient (Wildman–Crippen LogP) is -0.00480. The maximum absolute atomic E-state index is 10.7. The lowest BCUT2D eigenvalue weighted by molar-refractivity contribution is -0.153. The van der Waals surface area contributed by atoms with Gasteiger partial charge in [0.25, 0.3) is 0 Å². The highest BCUT2D eigenvalue weighted by Crippen LogP contribution is 2.36. The molecule has 0 spiro atoms. The van der Waals surface area contributed by atoms with Gasteiger partial charge in [-0.2, -0.15) is 0 Å². The van der Waals surface area contributed by atoms with Gasteiger partial charge in [-0.05, 0) is 12.1 Å². The van der Waals surface area contributed by atoms with Gasteiger partial charge in [0.2, 0.25) is 0 Å². The number of carboxylic acids is 1. The molecule has 0 aliphatic heterocycles. The molecule has 0 aliphatic carbocycles. The van der Waals surface area contributed by atoms with Crippen LogP contribution in [0.3, 0.4) is 0 Å². The summed E-state index contributed by atoms with van der Waals surface area (Å²) in [5.74, 6) is -1.49. The lowest BCUT2D eigenvalue weighted by atomic mass is 10.00. The van der Waals surface area contributed by atoms with Crippen molar-refractivity contribution < 1.29 is 34.4 Å². The first-order chi connectivity index (χ1) is 8.96. The summed E-state index contributed by atoms with van der Waals surface area (Å²) < 4.78 is 9.96. The Kier molecular flexibility index (Phi) is 4.85. The van der Waals surface area contributed by atoms with Crippen LogP contribution in [0.15, 0.2) is 12.1 Å². The second kappa shape index (κ2) is 6.17. The summed E-state index contributed by atoms with van der Waals surface area (Å²) >= 11 is 0. The molecule has 0 saturated heterocycles. The Hall–Kier alpha value is -2.12. The number of aliphatic hydroxyl groups is 2. The topological polar surface area (TPSA) is 113 Å². The minimum absolute atomic E-state index is 0.0366. The number of methoxy groups -OCH3 is 2. The van der Waals surface area contributed by atoms with E-state index in [2.05, 4.69) is 0 Å². The number of rotatable bonds is 6. The summed E-state index contributed by atoms with van der Waals surface area (Å²) in [7, 11) is 2.57. The van der Waals surface area contributed by atoms with Crippen molar-refractivity contribution in [3.05, 3.63) is 23.3 Å². The summed E-state index contributed by atoms with van der Waals surface area (Å²) in [5.41, 5.74) is 0.194. The van der Waals surface area contributed by atoms with E-state index >= 15 is 0 Å². The zero-order chi connectivity index (χ0) is 14.6. The zero-order valence-corrected chi connectivity index (χ0v) is 10.4. The molecule has 2 unspecified atom stereocenters. The van der Waals surface area contributed by atoms with Crippen molar-refractivity contribution in [2.45, 2.75) is 12.2 Å². The molecule has 1 aromatic rings. The Balaban J connectivity index is 3.39. The van der Waals surface area contributed by atoms with Gasteiger partial charge in [-0.15, -0.1) is 0 Å². The highest BCUT2D eigenvalue weighted by Gasteiger charge is 2.30. The van der Waals surface area contributed by atoms with Crippen molar-refractivity contribution in [1.82, 2.24) is 0 Å². The highest BCUT2D eigenvalue weighted by molar-refractivity contribution is 5.78. The Morgan fingerprint density at radius 2 is 1.68 bits per heavy atom. The van der Waals surface area contributed by atoms with Gasteiger partial charge in [0.05, 0.1) is 19.8 Å². The number of hydrogen-bond acceptors (Lipinski definition) is 6. The fourth-order valence-corrected chi connectivity index (χ4v) is 1.61. The number of carboxylic acid groups (broad SMARTS) is 1. The van der Waals surface area contributed by atoms with Gasteiger partial charge < -0.3 is 24.8 Å². The van der Waals surface area contributed by atoms with Gasteiger partial charge in [-0.25, -0.2) is 4.79 Å². The maximum atomic E-state index is 10.7. The van der Waals surface area contributed by atoms with E-state index < -0.39 is 18.2 Å². The lowest BCUT2D eigenvalue weighted by Gasteiger charge is -2.20. The molecule has 0 bridgehead atoms. The third-order valence-electron chi connectivity index (χ3n) is 2.55. The van der Waals surface area contributed by atoms with Gasteiger partial charge in [-0.3, -0.25) is 4.79 Å². The molecular formula is C12H14O7. The summed E-state index contributed by atoms with van der Waals surface area (Å²) in [5, 5.41) is 27.9. The number of carbonyl (C=O) groups excluding carboxylic acids is 1. The van der Waals surface area contributed by atoms with Crippen LogP contribution in [0.2, 0.25) is 0 Å². The molecule has 7 heteroatoms. The van der Waals surface area contributed by atoms with Crippen molar-refractivity contribution in [3.63, 3.8) is 0 Å². The minimum Gasteiger partial charge on any atom is -0.496 e. The molecule has 2 atom stereocenters. The number of aliphatic hydroxyl groups excluding tert-OH is 2. The van der Waals surface area contributed by atoms with Crippen LogP contribution in [0.25, 0.3) is 0 Å². The molecule has 3 N–H and O–H groups in total. The number of carbonyl (C=O) groups is 2. The first-order valence-corrected chi connectivity index (χ1v) is 5.26. The number of ether oxygens (including phenoxy) is 2. The van der Waals surface area contributed by atoms with Gasteiger partial charge in [0.15, 0.2) is 6.10 Å². The van der Waals surface area contributed by atoms with Crippen LogP contribution in [0.4, 0.5) is 0 Å².